The summed E-state index contributed by atoms with van der Waals surface area (Å²) in [5, 5.41) is 3.19. The molecular weight excluding hydrogens is 361 g/mol. The standard InChI is InChI=1S/C16H25N3.HI/c1-3-8-16(9-10-16)12-18-15(17)19-14-7-5-6-13(4-2)11-14;/h5-7,11H,3-4,8-10,12H2,1-2H3,(H3,17,18,19);1H. The van der Waals surface area contributed by atoms with E-state index in [9.17, 15) is 0 Å². The third-order valence-corrected chi connectivity index (χ3v) is 3.93. The van der Waals surface area contributed by atoms with Crippen LogP contribution in [-0.2, 0) is 6.42 Å². The quantitative estimate of drug-likeness (QED) is 0.437. The van der Waals surface area contributed by atoms with Crippen LogP contribution in [0.2, 0.25) is 0 Å². The molecule has 0 atom stereocenters. The molecule has 1 fully saturated rings. The van der Waals surface area contributed by atoms with Crippen LogP contribution in [0.5, 0.6) is 0 Å². The number of halogens is 1. The van der Waals surface area contributed by atoms with Crippen molar-refractivity contribution in [2.24, 2.45) is 16.1 Å². The fourth-order valence-electron chi connectivity index (χ4n) is 2.50. The summed E-state index contributed by atoms with van der Waals surface area (Å²) in [6, 6.07) is 8.33. The van der Waals surface area contributed by atoms with Crippen LogP contribution in [0, 0.1) is 5.41 Å². The molecule has 0 radical (unpaired) electrons. The van der Waals surface area contributed by atoms with E-state index in [2.05, 4.69) is 36.3 Å². The third kappa shape index (κ3) is 4.96. The zero-order valence-corrected chi connectivity index (χ0v) is 14.8. The molecule has 1 aromatic carbocycles. The van der Waals surface area contributed by atoms with Crippen molar-refractivity contribution in [1.82, 2.24) is 0 Å². The van der Waals surface area contributed by atoms with Gasteiger partial charge in [0.15, 0.2) is 5.96 Å². The van der Waals surface area contributed by atoms with Gasteiger partial charge in [-0.05, 0) is 48.8 Å². The van der Waals surface area contributed by atoms with Gasteiger partial charge in [-0.25, -0.2) is 0 Å². The lowest BCUT2D eigenvalue weighted by Gasteiger charge is -2.12. The number of nitrogens with zero attached hydrogens (tertiary/aromatic N) is 1. The van der Waals surface area contributed by atoms with Crippen molar-refractivity contribution < 1.29 is 0 Å². The SMILES string of the molecule is CCCC1(CN=C(N)Nc2cccc(CC)c2)CC1.I. The molecule has 0 spiro atoms. The largest absolute Gasteiger partial charge is 0.370 e. The average Bonchev–Trinajstić information content (AvgIpc) is 3.17. The minimum absolute atomic E-state index is 0. The summed E-state index contributed by atoms with van der Waals surface area (Å²) in [5.74, 6) is 0.538. The summed E-state index contributed by atoms with van der Waals surface area (Å²) >= 11 is 0. The minimum Gasteiger partial charge on any atom is -0.370 e. The number of hydrogen-bond donors (Lipinski definition) is 2. The predicted octanol–water partition coefficient (Wildman–Crippen LogP) is 4.17. The highest BCUT2D eigenvalue weighted by Crippen LogP contribution is 2.49. The van der Waals surface area contributed by atoms with Crippen molar-refractivity contribution in [3.63, 3.8) is 0 Å². The molecule has 0 amide bonds. The van der Waals surface area contributed by atoms with E-state index < -0.39 is 0 Å². The van der Waals surface area contributed by atoms with Crippen molar-refractivity contribution in [1.29, 1.82) is 0 Å². The molecular formula is C16H26IN3. The zero-order valence-electron chi connectivity index (χ0n) is 12.5. The molecule has 0 aromatic heterocycles. The molecule has 0 aliphatic heterocycles. The Balaban J connectivity index is 0.00000200. The van der Waals surface area contributed by atoms with Gasteiger partial charge in [0.25, 0.3) is 0 Å². The average molecular weight is 387 g/mol. The van der Waals surface area contributed by atoms with Crippen molar-refractivity contribution in [3.05, 3.63) is 29.8 Å². The van der Waals surface area contributed by atoms with E-state index >= 15 is 0 Å². The summed E-state index contributed by atoms with van der Waals surface area (Å²) in [6.07, 6.45) is 6.16. The van der Waals surface area contributed by atoms with Crippen LogP contribution in [0.1, 0.15) is 45.1 Å². The first kappa shape index (κ1) is 17.3. The van der Waals surface area contributed by atoms with E-state index in [1.54, 1.807) is 0 Å². The second kappa shape index (κ2) is 7.86. The van der Waals surface area contributed by atoms with Crippen LogP contribution < -0.4 is 11.1 Å². The highest BCUT2D eigenvalue weighted by atomic mass is 127. The van der Waals surface area contributed by atoms with E-state index in [1.807, 2.05) is 12.1 Å². The number of guanidine groups is 1. The Hall–Kier alpha value is -0.780. The lowest BCUT2D eigenvalue weighted by molar-refractivity contribution is 0.473. The van der Waals surface area contributed by atoms with Crippen LogP contribution in [0.15, 0.2) is 29.3 Å². The fourth-order valence-corrected chi connectivity index (χ4v) is 2.50. The molecule has 3 N–H and O–H groups in total. The zero-order chi connectivity index (χ0) is 13.7. The second-order valence-corrected chi connectivity index (χ2v) is 5.63. The first-order valence-electron chi connectivity index (χ1n) is 7.33. The van der Waals surface area contributed by atoms with E-state index in [4.69, 9.17) is 5.73 Å². The molecule has 4 heteroatoms. The maximum Gasteiger partial charge on any atom is 0.193 e. The van der Waals surface area contributed by atoms with Crippen LogP contribution in [-0.4, -0.2) is 12.5 Å². The van der Waals surface area contributed by atoms with Crippen molar-refractivity contribution in [2.45, 2.75) is 46.0 Å². The Kier molecular flexibility index (Phi) is 6.79. The lowest BCUT2D eigenvalue weighted by Crippen LogP contribution is -2.24. The highest BCUT2D eigenvalue weighted by Gasteiger charge is 2.41. The number of anilines is 1. The van der Waals surface area contributed by atoms with Gasteiger partial charge in [-0.1, -0.05) is 32.4 Å². The van der Waals surface area contributed by atoms with E-state index in [1.165, 1.54) is 31.2 Å². The summed E-state index contributed by atoms with van der Waals surface area (Å²) < 4.78 is 0. The molecule has 0 heterocycles. The Bertz CT molecular complexity index is 453. The van der Waals surface area contributed by atoms with E-state index in [0.29, 0.717) is 11.4 Å². The molecule has 112 valence electrons. The number of aryl methyl sites for hydroxylation is 1. The predicted molar refractivity (Wildman–Crippen MR) is 97.9 cm³/mol. The summed E-state index contributed by atoms with van der Waals surface area (Å²) in [7, 11) is 0. The van der Waals surface area contributed by atoms with Crippen LogP contribution >= 0.6 is 24.0 Å². The normalized spacial score (nSPS) is 16.4. The molecule has 3 nitrogen and oxygen atoms in total. The molecule has 0 bridgehead atoms. The lowest BCUT2D eigenvalue weighted by atomic mass is 10.0. The Labute approximate surface area is 139 Å². The number of rotatable bonds is 6. The maximum atomic E-state index is 5.97. The monoisotopic (exact) mass is 387 g/mol. The van der Waals surface area contributed by atoms with Crippen LogP contribution in [0.4, 0.5) is 5.69 Å². The van der Waals surface area contributed by atoms with Gasteiger partial charge in [-0.3, -0.25) is 4.99 Å². The Morgan fingerprint density at radius 2 is 2.10 bits per heavy atom. The number of nitrogens with two attached hydrogens (primary N) is 1. The number of benzene rings is 1. The van der Waals surface area contributed by atoms with Crippen LogP contribution in [0.3, 0.4) is 0 Å². The number of nitrogens with one attached hydrogen (secondary N) is 1. The molecule has 1 aromatic rings. The molecule has 1 aliphatic carbocycles. The van der Waals surface area contributed by atoms with Gasteiger partial charge in [0.1, 0.15) is 0 Å². The van der Waals surface area contributed by atoms with Crippen molar-refractivity contribution in [3.8, 4) is 0 Å². The molecule has 20 heavy (non-hydrogen) atoms. The maximum absolute atomic E-state index is 5.97. The smallest absolute Gasteiger partial charge is 0.193 e. The van der Waals surface area contributed by atoms with E-state index in [-0.39, 0.29) is 24.0 Å². The Morgan fingerprint density at radius 1 is 1.35 bits per heavy atom. The first-order valence-corrected chi connectivity index (χ1v) is 7.33. The second-order valence-electron chi connectivity index (χ2n) is 5.63. The molecule has 2 rings (SSSR count). The first-order chi connectivity index (χ1) is 9.17. The van der Waals surface area contributed by atoms with Gasteiger partial charge >= 0.3 is 0 Å². The molecule has 0 saturated heterocycles. The van der Waals surface area contributed by atoms with Gasteiger partial charge in [0.05, 0.1) is 0 Å². The summed E-state index contributed by atoms with van der Waals surface area (Å²) in [4.78, 5) is 4.51. The van der Waals surface area contributed by atoms with Gasteiger partial charge in [-0.15, -0.1) is 24.0 Å². The minimum atomic E-state index is 0. The van der Waals surface area contributed by atoms with Crippen LogP contribution in [0.25, 0.3) is 0 Å². The summed E-state index contributed by atoms with van der Waals surface area (Å²) in [6.45, 7) is 5.26. The topological polar surface area (TPSA) is 50.4 Å². The summed E-state index contributed by atoms with van der Waals surface area (Å²) in [5.41, 5.74) is 8.77. The van der Waals surface area contributed by atoms with Crippen molar-refractivity contribution in [2.75, 3.05) is 11.9 Å². The molecule has 1 saturated carbocycles. The van der Waals surface area contributed by atoms with Crippen molar-refractivity contribution >= 4 is 35.6 Å². The number of hydrogen-bond acceptors (Lipinski definition) is 1. The molecule has 0 unspecified atom stereocenters. The third-order valence-electron chi connectivity index (χ3n) is 3.93. The fraction of sp³-hybridized carbons (Fsp3) is 0.562. The van der Waals surface area contributed by atoms with Gasteiger partial charge < -0.3 is 11.1 Å². The number of aliphatic imine (C=N–C) groups is 1. The Morgan fingerprint density at radius 3 is 2.70 bits per heavy atom. The van der Waals surface area contributed by atoms with Gasteiger partial charge in [0.2, 0.25) is 0 Å². The van der Waals surface area contributed by atoms with Gasteiger partial charge in [0, 0.05) is 12.2 Å². The molecule has 1 aliphatic rings. The highest BCUT2D eigenvalue weighted by molar-refractivity contribution is 14.0. The van der Waals surface area contributed by atoms with Gasteiger partial charge in [-0.2, -0.15) is 0 Å². The van der Waals surface area contributed by atoms with E-state index in [0.717, 1.165) is 18.7 Å².